The van der Waals surface area contributed by atoms with Crippen molar-refractivity contribution in [3.63, 3.8) is 0 Å². The smallest absolute Gasteiger partial charge is 0.279 e. The molecule has 3 rings (SSSR count). The van der Waals surface area contributed by atoms with E-state index in [0.29, 0.717) is 31.9 Å². The van der Waals surface area contributed by atoms with Gasteiger partial charge in [-0.05, 0) is 31.4 Å². The quantitative estimate of drug-likeness (QED) is 0.874. The van der Waals surface area contributed by atoms with Crippen LogP contribution < -0.4 is 9.46 Å². The van der Waals surface area contributed by atoms with Crippen molar-refractivity contribution in [2.75, 3.05) is 26.3 Å². The molecule has 6 nitrogen and oxygen atoms in total. The zero-order valence-corrected chi connectivity index (χ0v) is 13.6. The third-order valence-corrected chi connectivity index (χ3v) is 5.74. The minimum atomic E-state index is -3.52. The lowest BCUT2D eigenvalue weighted by molar-refractivity contribution is -0.00968. The molecule has 0 aromatic heterocycles. The number of nitrogens with zero attached hydrogens (tertiary/aromatic N) is 1. The molecule has 1 N–H and O–H groups in total. The summed E-state index contributed by atoms with van der Waals surface area (Å²) in [5.41, 5.74) is 0. The largest absolute Gasteiger partial charge is 0.486 e. The predicted octanol–water partition coefficient (Wildman–Crippen LogP) is 1.29. The van der Waals surface area contributed by atoms with Crippen molar-refractivity contribution in [2.24, 2.45) is 0 Å². The molecular formula is C15H21FN2O4S. The van der Waals surface area contributed by atoms with Crippen LogP contribution in [0.3, 0.4) is 0 Å². The van der Waals surface area contributed by atoms with E-state index in [1.165, 1.54) is 16.4 Å². The number of rotatable bonds is 5. The Morgan fingerprint density at radius 3 is 2.83 bits per heavy atom. The van der Waals surface area contributed by atoms with Crippen LogP contribution in [0.1, 0.15) is 19.3 Å². The van der Waals surface area contributed by atoms with Gasteiger partial charge in [0, 0.05) is 25.8 Å². The monoisotopic (exact) mass is 344 g/mol. The molecule has 1 aromatic rings. The molecule has 1 aromatic carbocycles. The van der Waals surface area contributed by atoms with Gasteiger partial charge in [-0.15, -0.1) is 0 Å². The van der Waals surface area contributed by atoms with E-state index in [1.807, 2.05) is 0 Å². The van der Waals surface area contributed by atoms with E-state index in [-0.39, 0.29) is 6.61 Å². The molecule has 2 aliphatic rings. The van der Waals surface area contributed by atoms with Gasteiger partial charge in [0.15, 0.2) is 0 Å². The van der Waals surface area contributed by atoms with Crippen LogP contribution in [0.5, 0.6) is 5.75 Å². The zero-order chi connectivity index (χ0) is 16.3. The summed E-state index contributed by atoms with van der Waals surface area (Å²) in [5.74, 6) is -0.0284. The number of hydrogen-bond acceptors (Lipinski definition) is 4. The van der Waals surface area contributed by atoms with Gasteiger partial charge in [0.25, 0.3) is 10.2 Å². The molecule has 0 spiro atoms. The molecule has 0 bridgehead atoms. The van der Waals surface area contributed by atoms with E-state index >= 15 is 0 Å². The standard InChI is InChI=1S/C15H21FN2O4S/c16-12-4-3-5-13(10-12)22-15-11-21-9-6-14(15)17-23(19,20)18-7-1-2-8-18/h3-5,10,14-15,17H,1-2,6-9,11H2. The Labute approximate surface area is 135 Å². The Kier molecular flexibility index (Phi) is 5.15. The van der Waals surface area contributed by atoms with Crippen LogP contribution in [0, 0.1) is 5.82 Å². The van der Waals surface area contributed by atoms with E-state index in [1.54, 1.807) is 12.1 Å². The molecular weight excluding hydrogens is 323 g/mol. The Bertz CT molecular complexity index is 634. The molecule has 2 atom stereocenters. The summed E-state index contributed by atoms with van der Waals surface area (Å²) in [4.78, 5) is 0. The highest BCUT2D eigenvalue weighted by Crippen LogP contribution is 2.20. The van der Waals surface area contributed by atoms with Crippen LogP contribution in [-0.4, -0.2) is 51.2 Å². The fraction of sp³-hybridized carbons (Fsp3) is 0.600. The van der Waals surface area contributed by atoms with Gasteiger partial charge in [-0.25, -0.2) is 4.39 Å². The fourth-order valence-electron chi connectivity index (χ4n) is 2.87. The van der Waals surface area contributed by atoms with Gasteiger partial charge >= 0.3 is 0 Å². The van der Waals surface area contributed by atoms with E-state index in [4.69, 9.17) is 9.47 Å². The van der Waals surface area contributed by atoms with Gasteiger partial charge in [-0.3, -0.25) is 0 Å². The lowest BCUT2D eigenvalue weighted by Crippen LogP contribution is -2.54. The number of nitrogens with one attached hydrogen (secondary N) is 1. The highest BCUT2D eigenvalue weighted by Gasteiger charge is 2.34. The van der Waals surface area contributed by atoms with Crippen molar-refractivity contribution < 1.29 is 22.3 Å². The number of benzene rings is 1. The molecule has 0 saturated carbocycles. The summed E-state index contributed by atoms with van der Waals surface area (Å²) < 4.78 is 53.4. The molecule has 2 aliphatic heterocycles. The minimum Gasteiger partial charge on any atom is -0.486 e. The lowest BCUT2D eigenvalue weighted by atomic mass is 10.1. The summed E-state index contributed by atoms with van der Waals surface area (Å²) in [6, 6.07) is 5.41. The van der Waals surface area contributed by atoms with Gasteiger partial charge in [-0.1, -0.05) is 6.07 Å². The van der Waals surface area contributed by atoms with Crippen LogP contribution in [0.4, 0.5) is 4.39 Å². The van der Waals surface area contributed by atoms with Crippen molar-refractivity contribution in [1.29, 1.82) is 0 Å². The lowest BCUT2D eigenvalue weighted by Gasteiger charge is -2.33. The number of hydrogen-bond donors (Lipinski definition) is 1. The predicted molar refractivity (Wildman–Crippen MR) is 82.9 cm³/mol. The first-order chi connectivity index (χ1) is 11.0. The molecule has 0 radical (unpaired) electrons. The van der Waals surface area contributed by atoms with Gasteiger partial charge in [0.1, 0.15) is 17.7 Å². The molecule has 8 heteroatoms. The second-order valence-corrected chi connectivity index (χ2v) is 7.52. The first-order valence-corrected chi connectivity index (χ1v) is 9.26. The molecule has 128 valence electrons. The third kappa shape index (κ3) is 4.20. The van der Waals surface area contributed by atoms with Gasteiger partial charge in [-0.2, -0.15) is 17.4 Å². The summed E-state index contributed by atoms with van der Waals surface area (Å²) >= 11 is 0. The average Bonchev–Trinajstić information content (AvgIpc) is 3.04. The van der Waals surface area contributed by atoms with Crippen LogP contribution in [0.2, 0.25) is 0 Å². The van der Waals surface area contributed by atoms with E-state index in [0.717, 1.165) is 12.8 Å². The Balaban J connectivity index is 1.68. The summed E-state index contributed by atoms with van der Waals surface area (Å²) in [7, 11) is -3.52. The van der Waals surface area contributed by atoms with Gasteiger partial charge < -0.3 is 9.47 Å². The second kappa shape index (κ2) is 7.12. The second-order valence-electron chi connectivity index (χ2n) is 5.81. The maximum absolute atomic E-state index is 13.3. The molecule has 2 saturated heterocycles. The van der Waals surface area contributed by atoms with Crippen molar-refractivity contribution in [3.8, 4) is 5.75 Å². The average molecular weight is 344 g/mol. The maximum atomic E-state index is 13.3. The Hall–Kier alpha value is -1.22. The van der Waals surface area contributed by atoms with E-state index in [2.05, 4.69) is 4.72 Å². The zero-order valence-electron chi connectivity index (χ0n) is 12.8. The van der Waals surface area contributed by atoms with Crippen LogP contribution in [0.25, 0.3) is 0 Å². The fourth-order valence-corrected chi connectivity index (χ4v) is 4.41. The first kappa shape index (κ1) is 16.6. The summed E-state index contributed by atoms with van der Waals surface area (Å²) in [6.07, 6.45) is 1.81. The highest BCUT2D eigenvalue weighted by atomic mass is 32.2. The molecule has 2 heterocycles. The van der Waals surface area contributed by atoms with Crippen molar-refractivity contribution in [2.45, 2.75) is 31.4 Å². The highest BCUT2D eigenvalue weighted by molar-refractivity contribution is 7.87. The molecule has 2 fully saturated rings. The van der Waals surface area contributed by atoms with Crippen LogP contribution >= 0.6 is 0 Å². The number of halogens is 1. The van der Waals surface area contributed by atoms with Crippen molar-refractivity contribution in [1.82, 2.24) is 9.03 Å². The molecule has 2 unspecified atom stereocenters. The Morgan fingerprint density at radius 1 is 1.30 bits per heavy atom. The Morgan fingerprint density at radius 2 is 2.09 bits per heavy atom. The van der Waals surface area contributed by atoms with Crippen molar-refractivity contribution >= 4 is 10.2 Å². The van der Waals surface area contributed by atoms with E-state index < -0.39 is 28.2 Å². The SMILES string of the molecule is O=S(=O)(NC1CCOCC1Oc1cccc(F)c1)N1CCCC1. The van der Waals surface area contributed by atoms with Crippen LogP contribution in [-0.2, 0) is 14.9 Å². The first-order valence-electron chi connectivity index (χ1n) is 7.82. The minimum absolute atomic E-state index is 0.268. The van der Waals surface area contributed by atoms with Crippen LogP contribution in [0.15, 0.2) is 24.3 Å². The third-order valence-electron chi connectivity index (χ3n) is 4.09. The summed E-state index contributed by atoms with van der Waals surface area (Å²) in [6.45, 7) is 1.84. The van der Waals surface area contributed by atoms with Gasteiger partial charge in [0.05, 0.1) is 12.6 Å². The maximum Gasteiger partial charge on any atom is 0.279 e. The van der Waals surface area contributed by atoms with E-state index in [9.17, 15) is 12.8 Å². The molecule has 0 aliphatic carbocycles. The number of ether oxygens (including phenoxy) is 2. The molecule has 23 heavy (non-hydrogen) atoms. The normalized spacial score (nSPS) is 26.3. The molecule has 0 amide bonds. The van der Waals surface area contributed by atoms with Crippen molar-refractivity contribution in [3.05, 3.63) is 30.1 Å². The summed E-state index contributed by atoms with van der Waals surface area (Å²) in [5, 5.41) is 0. The topological polar surface area (TPSA) is 67.9 Å². The van der Waals surface area contributed by atoms with Gasteiger partial charge in [0.2, 0.25) is 0 Å².